The Morgan fingerprint density at radius 3 is 2.17 bits per heavy atom. The lowest BCUT2D eigenvalue weighted by atomic mass is 9.63. The van der Waals surface area contributed by atoms with E-state index in [1.807, 2.05) is 0 Å². The standard InChI is InChI=1S/C23H27N/c1-4-10-19(11-5-1)20-14-17-24-22(18-20)23(15-8-3-9-16-23)21-12-6-2-7-13-21/h1-2,4-7,10-14,22,24H,3,8-9,15-18H2. The van der Waals surface area contributed by atoms with Crippen LogP contribution in [0.2, 0.25) is 0 Å². The second kappa shape index (κ2) is 6.94. The highest BCUT2D eigenvalue weighted by molar-refractivity contribution is 5.67. The van der Waals surface area contributed by atoms with E-state index in [0.717, 1.165) is 13.0 Å². The predicted octanol–water partition coefficient (Wildman–Crippen LogP) is 5.33. The van der Waals surface area contributed by atoms with Crippen LogP contribution >= 0.6 is 0 Å². The van der Waals surface area contributed by atoms with Crippen molar-refractivity contribution in [1.82, 2.24) is 5.32 Å². The first-order chi connectivity index (χ1) is 11.9. The summed E-state index contributed by atoms with van der Waals surface area (Å²) < 4.78 is 0. The predicted molar refractivity (Wildman–Crippen MR) is 102 cm³/mol. The van der Waals surface area contributed by atoms with Crippen LogP contribution in [0.3, 0.4) is 0 Å². The van der Waals surface area contributed by atoms with E-state index in [2.05, 4.69) is 72.1 Å². The zero-order chi connectivity index (χ0) is 16.2. The minimum atomic E-state index is 0.299. The van der Waals surface area contributed by atoms with Gasteiger partial charge in [0.15, 0.2) is 0 Å². The first-order valence-electron chi connectivity index (χ1n) is 9.42. The quantitative estimate of drug-likeness (QED) is 0.806. The Hall–Kier alpha value is -1.86. The molecule has 1 atom stereocenters. The molecule has 0 radical (unpaired) electrons. The zero-order valence-corrected chi connectivity index (χ0v) is 14.4. The van der Waals surface area contributed by atoms with E-state index in [-0.39, 0.29) is 0 Å². The Morgan fingerprint density at radius 2 is 1.46 bits per heavy atom. The lowest BCUT2D eigenvalue weighted by Gasteiger charge is -2.46. The summed E-state index contributed by atoms with van der Waals surface area (Å²) in [6, 6.07) is 22.7. The summed E-state index contributed by atoms with van der Waals surface area (Å²) in [6.07, 6.45) is 10.3. The van der Waals surface area contributed by atoms with Gasteiger partial charge < -0.3 is 5.32 Å². The summed E-state index contributed by atoms with van der Waals surface area (Å²) >= 11 is 0. The molecule has 24 heavy (non-hydrogen) atoms. The smallest absolute Gasteiger partial charge is 0.0207 e. The summed E-state index contributed by atoms with van der Waals surface area (Å²) in [5, 5.41) is 3.85. The third-order valence-corrected chi connectivity index (χ3v) is 6.04. The van der Waals surface area contributed by atoms with Gasteiger partial charge >= 0.3 is 0 Å². The fourth-order valence-corrected chi connectivity index (χ4v) is 4.77. The highest BCUT2D eigenvalue weighted by atomic mass is 14.9. The summed E-state index contributed by atoms with van der Waals surface area (Å²) in [6.45, 7) is 0.990. The van der Waals surface area contributed by atoms with E-state index in [0.29, 0.717) is 11.5 Å². The second-order valence-corrected chi connectivity index (χ2v) is 7.34. The summed E-state index contributed by atoms with van der Waals surface area (Å²) in [7, 11) is 0. The molecule has 0 aromatic heterocycles. The van der Waals surface area contributed by atoms with Crippen LogP contribution in [0.4, 0.5) is 0 Å². The third kappa shape index (κ3) is 2.93. The van der Waals surface area contributed by atoms with Crippen molar-refractivity contribution in [3.8, 4) is 0 Å². The summed E-state index contributed by atoms with van der Waals surface area (Å²) in [5.74, 6) is 0. The van der Waals surface area contributed by atoms with Crippen LogP contribution in [0.25, 0.3) is 5.57 Å². The first kappa shape index (κ1) is 15.7. The molecule has 0 amide bonds. The van der Waals surface area contributed by atoms with Gasteiger partial charge in [0.2, 0.25) is 0 Å². The topological polar surface area (TPSA) is 12.0 Å². The Labute approximate surface area is 145 Å². The molecule has 1 heteroatoms. The van der Waals surface area contributed by atoms with Crippen LogP contribution in [0, 0.1) is 0 Å². The van der Waals surface area contributed by atoms with Crippen molar-refractivity contribution in [2.24, 2.45) is 0 Å². The summed E-state index contributed by atoms with van der Waals surface area (Å²) in [4.78, 5) is 0. The molecule has 1 N–H and O–H groups in total. The van der Waals surface area contributed by atoms with Crippen molar-refractivity contribution >= 4 is 5.57 Å². The highest BCUT2D eigenvalue weighted by Crippen LogP contribution is 2.45. The fraction of sp³-hybridized carbons (Fsp3) is 0.391. The number of hydrogen-bond acceptors (Lipinski definition) is 1. The molecular weight excluding hydrogens is 290 g/mol. The molecule has 1 heterocycles. The third-order valence-electron chi connectivity index (χ3n) is 6.04. The van der Waals surface area contributed by atoms with Gasteiger partial charge in [-0.25, -0.2) is 0 Å². The molecule has 0 saturated heterocycles. The summed E-state index contributed by atoms with van der Waals surface area (Å²) in [5.41, 5.74) is 4.74. The highest BCUT2D eigenvalue weighted by Gasteiger charge is 2.41. The van der Waals surface area contributed by atoms with E-state index in [1.165, 1.54) is 48.8 Å². The van der Waals surface area contributed by atoms with Crippen molar-refractivity contribution in [3.05, 3.63) is 77.9 Å². The van der Waals surface area contributed by atoms with Crippen LogP contribution in [0.5, 0.6) is 0 Å². The van der Waals surface area contributed by atoms with Gasteiger partial charge in [0.25, 0.3) is 0 Å². The van der Waals surface area contributed by atoms with Gasteiger partial charge in [-0.1, -0.05) is 86.0 Å². The molecule has 1 aliphatic carbocycles. The largest absolute Gasteiger partial charge is 0.309 e. The van der Waals surface area contributed by atoms with E-state index in [4.69, 9.17) is 0 Å². The van der Waals surface area contributed by atoms with E-state index < -0.39 is 0 Å². The molecule has 1 fully saturated rings. The van der Waals surface area contributed by atoms with Crippen molar-refractivity contribution in [2.75, 3.05) is 6.54 Å². The Balaban J connectivity index is 1.66. The molecule has 2 aliphatic rings. The Morgan fingerprint density at radius 1 is 0.792 bits per heavy atom. The van der Waals surface area contributed by atoms with Crippen molar-refractivity contribution in [2.45, 2.75) is 50.0 Å². The normalized spacial score (nSPS) is 23.5. The Bertz CT molecular complexity index is 680. The molecule has 1 saturated carbocycles. The maximum atomic E-state index is 3.85. The molecule has 2 aromatic rings. The van der Waals surface area contributed by atoms with Gasteiger partial charge in [0.1, 0.15) is 0 Å². The molecule has 2 aromatic carbocycles. The number of nitrogens with one attached hydrogen (secondary N) is 1. The van der Waals surface area contributed by atoms with E-state index in [1.54, 1.807) is 0 Å². The van der Waals surface area contributed by atoms with Crippen LogP contribution < -0.4 is 5.32 Å². The zero-order valence-electron chi connectivity index (χ0n) is 14.4. The number of rotatable bonds is 3. The van der Waals surface area contributed by atoms with Crippen LogP contribution in [0.1, 0.15) is 49.7 Å². The van der Waals surface area contributed by atoms with Gasteiger partial charge in [0, 0.05) is 18.0 Å². The molecule has 4 rings (SSSR count). The van der Waals surface area contributed by atoms with Crippen molar-refractivity contribution < 1.29 is 0 Å². The van der Waals surface area contributed by atoms with Gasteiger partial charge in [-0.3, -0.25) is 0 Å². The fourth-order valence-electron chi connectivity index (χ4n) is 4.77. The van der Waals surface area contributed by atoms with Crippen LogP contribution in [0.15, 0.2) is 66.7 Å². The molecule has 0 spiro atoms. The molecule has 1 nitrogen and oxygen atoms in total. The van der Waals surface area contributed by atoms with Crippen LogP contribution in [-0.2, 0) is 5.41 Å². The minimum Gasteiger partial charge on any atom is -0.309 e. The molecular formula is C23H27N. The molecule has 1 unspecified atom stereocenters. The molecule has 0 bridgehead atoms. The monoisotopic (exact) mass is 317 g/mol. The maximum absolute atomic E-state index is 3.85. The van der Waals surface area contributed by atoms with E-state index in [9.17, 15) is 0 Å². The lowest BCUT2D eigenvalue weighted by Crippen LogP contribution is -2.51. The van der Waals surface area contributed by atoms with Gasteiger partial charge in [0.05, 0.1) is 0 Å². The Kier molecular flexibility index (Phi) is 4.53. The van der Waals surface area contributed by atoms with Crippen LogP contribution in [-0.4, -0.2) is 12.6 Å². The maximum Gasteiger partial charge on any atom is 0.0207 e. The first-order valence-corrected chi connectivity index (χ1v) is 9.42. The minimum absolute atomic E-state index is 0.299. The van der Waals surface area contributed by atoms with Gasteiger partial charge in [-0.15, -0.1) is 0 Å². The van der Waals surface area contributed by atoms with Gasteiger partial charge in [-0.2, -0.15) is 0 Å². The average Bonchev–Trinajstić information content (AvgIpc) is 2.70. The second-order valence-electron chi connectivity index (χ2n) is 7.34. The van der Waals surface area contributed by atoms with Gasteiger partial charge in [-0.05, 0) is 36.0 Å². The van der Waals surface area contributed by atoms with E-state index >= 15 is 0 Å². The number of benzene rings is 2. The SMILES string of the molecule is C1=C(c2ccccc2)CC(C2(c3ccccc3)CCCCC2)NC1. The molecule has 1 aliphatic heterocycles. The molecule has 124 valence electrons. The van der Waals surface area contributed by atoms with Crippen molar-refractivity contribution in [3.63, 3.8) is 0 Å². The lowest BCUT2D eigenvalue weighted by molar-refractivity contribution is 0.215. The average molecular weight is 317 g/mol. The van der Waals surface area contributed by atoms with Crippen molar-refractivity contribution in [1.29, 1.82) is 0 Å². The number of hydrogen-bond donors (Lipinski definition) is 1.